The van der Waals surface area contributed by atoms with E-state index in [1.165, 1.54) is 0 Å². The number of pyridine rings is 2. The number of nitrogens with one attached hydrogen (secondary N) is 2. The third kappa shape index (κ3) is 4.12. The second-order valence-electron chi connectivity index (χ2n) is 5.95. The van der Waals surface area contributed by atoms with E-state index in [1.807, 2.05) is 43.3 Å². The zero-order chi connectivity index (χ0) is 18.5. The largest absolute Gasteiger partial charge is 0.369 e. The molecule has 0 aliphatic carbocycles. The summed E-state index contributed by atoms with van der Waals surface area (Å²) in [6.45, 7) is 2.55. The summed E-state index contributed by atoms with van der Waals surface area (Å²) in [5.41, 5.74) is 2.43. The molecule has 8 nitrogen and oxygen atoms in total. The van der Waals surface area contributed by atoms with Gasteiger partial charge in [-0.3, -0.25) is 9.97 Å². The summed E-state index contributed by atoms with van der Waals surface area (Å²) in [4.78, 5) is 20.9. The van der Waals surface area contributed by atoms with Crippen LogP contribution in [0.3, 0.4) is 0 Å². The van der Waals surface area contributed by atoms with Crippen LogP contribution in [0.2, 0.25) is 0 Å². The highest BCUT2D eigenvalue weighted by atomic mass is 15.2. The smallest absolute Gasteiger partial charge is 0.180 e. The number of aromatic nitrogens is 7. The summed E-state index contributed by atoms with van der Waals surface area (Å²) in [6, 6.07) is 11.4. The molecule has 0 saturated heterocycles. The van der Waals surface area contributed by atoms with E-state index >= 15 is 0 Å². The van der Waals surface area contributed by atoms with Crippen molar-refractivity contribution in [2.75, 3.05) is 11.9 Å². The average molecular weight is 358 g/mol. The predicted molar refractivity (Wildman–Crippen MR) is 102 cm³/mol. The minimum atomic E-state index is 0.565. The predicted octanol–water partition coefficient (Wildman–Crippen LogP) is 2.68. The van der Waals surface area contributed by atoms with Crippen LogP contribution in [0.15, 0.2) is 55.0 Å². The molecule has 134 valence electrons. The fourth-order valence-electron chi connectivity index (χ4n) is 2.63. The molecule has 0 atom stereocenters. The molecule has 0 unspecified atom stereocenters. The third-order valence-electron chi connectivity index (χ3n) is 3.89. The molecule has 4 aromatic heterocycles. The molecule has 0 radical (unpaired) electrons. The van der Waals surface area contributed by atoms with Crippen molar-refractivity contribution in [3.05, 3.63) is 66.6 Å². The van der Waals surface area contributed by atoms with E-state index in [2.05, 4.69) is 40.4 Å². The Kier molecular flexibility index (Phi) is 4.78. The van der Waals surface area contributed by atoms with Crippen LogP contribution in [0, 0.1) is 6.92 Å². The molecule has 0 bridgehead atoms. The average Bonchev–Trinajstić information content (AvgIpc) is 3.14. The van der Waals surface area contributed by atoms with Gasteiger partial charge in [0, 0.05) is 43.2 Å². The summed E-state index contributed by atoms with van der Waals surface area (Å²) < 4.78 is 0. The van der Waals surface area contributed by atoms with Crippen molar-refractivity contribution < 1.29 is 0 Å². The van der Waals surface area contributed by atoms with E-state index in [-0.39, 0.29) is 0 Å². The molecule has 4 rings (SSSR count). The van der Waals surface area contributed by atoms with E-state index in [9.17, 15) is 0 Å². The van der Waals surface area contributed by atoms with Crippen LogP contribution in [0.4, 0.5) is 5.82 Å². The first kappa shape index (κ1) is 16.8. The molecule has 4 heterocycles. The van der Waals surface area contributed by atoms with Crippen LogP contribution in [-0.2, 0) is 6.42 Å². The molecule has 27 heavy (non-hydrogen) atoms. The maximum absolute atomic E-state index is 4.66. The summed E-state index contributed by atoms with van der Waals surface area (Å²) in [6.07, 6.45) is 5.97. The van der Waals surface area contributed by atoms with Crippen LogP contribution in [0.5, 0.6) is 0 Å². The topological polar surface area (TPSA) is 105 Å². The molecule has 2 N–H and O–H groups in total. The first-order valence-corrected chi connectivity index (χ1v) is 8.61. The Labute approximate surface area is 156 Å². The number of nitrogens with zero attached hydrogens (tertiary/aromatic N) is 6. The Morgan fingerprint density at radius 3 is 2.70 bits per heavy atom. The first-order chi connectivity index (χ1) is 13.3. The van der Waals surface area contributed by atoms with Gasteiger partial charge in [-0.25, -0.2) is 9.97 Å². The molecular weight excluding hydrogens is 340 g/mol. The minimum Gasteiger partial charge on any atom is -0.369 e. The molecule has 0 saturated carbocycles. The van der Waals surface area contributed by atoms with Crippen molar-refractivity contribution >= 4 is 5.82 Å². The maximum Gasteiger partial charge on any atom is 0.180 e. The standard InChI is InChI=1S/C19H18N8/c1-13-23-17(27-26-13)7-10-22-18-11-16(14-5-4-8-20-12-14)24-19(25-18)15-6-2-3-9-21-15/h2-6,8-9,11-12H,7,10H2,1H3,(H,22,24,25)(H,23,26,27). The lowest BCUT2D eigenvalue weighted by molar-refractivity contribution is 0.896. The lowest BCUT2D eigenvalue weighted by atomic mass is 10.2. The second kappa shape index (κ2) is 7.69. The number of rotatable bonds is 6. The summed E-state index contributed by atoms with van der Waals surface area (Å²) in [5, 5.41) is 11.4. The van der Waals surface area contributed by atoms with Crippen LogP contribution in [0.1, 0.15) is 11.6 Å². The van der Waals surface area contributed by atoms with Crippen molar-refractivity contribution in [3.63, 3.8) is 0 Å². The first-order valence-electron chi connectivity index (χ1n) is 8.61. The van der Waals surface area contributed by atoms with Crippen LogP contribution in [-0.4, -0.2) is 41.7 Å². The fraction of sp³-hybridized carbons (Fsp3) is 0.158. The second-order valence-corrected chi connectivity index (χ2v) is 5.95. The molecule has 0 fully saturated rings. The van der Waals surface area contributed by atoms with Gasteiger partial charge in [0.15, 0.2) is 5.82 Å². The monoisotopic (exact) mass is 358 g/mol. The molecule has 4 aromatic rings. The quantitative estimate of drug-likeness (QED) is 0.546. The minimum absolute atomic E-state index is 0.565. The number of anilines is 1. The van der Waals surface area contributed by atoms with Crippen LogP contribution < -0.4 is 5.32 Å². The van der Waals surface area contributed by atoms with Crippen molar-refractivity contribution in [1.29, 1.82) is 0 Å². The Morgan fingerprint density at radius 2 is 1.96 bits per heavy atom. The van der Waals surface area contributed by atoms with Gasteiger partial charge >= 0.3 is 0 Å². The normalized spacial score (nSPS) is 10.7. The van der Waals surface area contributed by atoms with E-state index < -0.39 is 0 Å². The highest BCUT2D eigenvalue weighted by molar-refractivity contribution is 5.65. The van der Waals surface area contributed by atoms with Gasteiger partial charge in [0.25, 0.3) is 0 Å². The fourth-order valence-corrected chi connectivity index (χ4v) is 2.63. The van der Waals surface area contributed by atoms with E-state index in [0.717, 1.165) is 34.4 Å². The van der Waals surface area contributed by atoms with Crippen molar-refractivity contribution in [2.45, 2.75) is 13.3 Å². The zero-order valence-corrected chi connectivity index (χ0v) is 14.8. The van der Waals surface area contributed by atoms with E-state index in [0.29, 0.717) is 18.8 Å². The Balaban J connectivity index is 1.61. The number of aryl methyl sites for hydroxylation is 1. The van der Waals surface area contributed by atoms with Gasteiger partial charge in [-0.2, -0.15) is 0 Å². The van der Waals surface area contributed by atoms with Gasteiger partial charge in [-0.05, 0) is 31.2 Å². The molecule has 0 aromatic carbocycles. The lowest BCUT2D eigenvalue weighted by Gasteiger charge is -2.09. The van der Waals surface area contributed by atoms with Gasteiger partial charge in [-0.15, -0.1) is 10.2 Å². The van der Waals surface area contributed by atoms with Gasteiger partial charge in [0.2, 0.25) is 0 Å². The Hall–Kier alpha value is -3.68. The molecule has 0 spiro atoms. The van der Waals surface area contributed by atoms with Crippen molar-refractivity contribution in [1.82, 2.24) is 35.1 Å². The van der Waals surface area contributed by atoms with Crippen molar-refractivity contribution in [2.24, 2.45) is 0 Å². The number of hydrogen-bond acceptors (Lipinski definition) is 7. The van der Waals surface area contributed by atoms with Crippen molar-refractivity contribution in [3.8, 4) is 22.8 Å². The van der Waals surface area contributed by atoms with E-state index in [1.54, 1.807) is 18.6 Å². The third-order valence-corrected chi connectivity index (χ3v) is 3.89. The van der Waals surface area contributed by atoms with E-state index in [4.69, 9.17) is 0 Å². The Morgan fingerprint density at radius 1 is 1.00 bits per heavy atom. The zero-order valence-electron chi connectivity index (χ0n) is 14.8. The van der Waals surface area contributed by atoms with Gasteiger partial charge in [-0.1, -0.05) is 6.07 Å². The summed E-state index contributed by atoms with van der Waals surface area (Å²) >= 11 is 0. The molecule has 0 amide bonds. The van der Waals surface area contributed by atoms with Gasteiger partial charge < -0.3 is 10.3 Å². The lowest BCUT2D eigenvalue weighted by Crippen LogP contribution is -2.09. The summed E-state index contributed by atoms with van der Waals surface area (Å²) in [7, 11) is 0. The number of H-pyrrole nitrogens is 1. The van der Waals surface area contributed by atoms with Crippen LogP contribution in [0.25, 0.3) is 22.8 Å². The van der Waals surface area contributed by atoms with Crippen LogP contribution >= 0.6 is 0 Å². The SMILES string of the molecule is Cc1nnc(CCNc2cc(-c3cccnc3)nc(-c3ccccn3)n2)[nH]1. The molecule has 8 heteroatoms. The van der Waals surface area contributed by atoms with Gasteiger partial charge in [0.1, 0.15) is 23.2 Å². The summed E-state index contributed by atoms with van der Waals surface area (Å²) in [5.74, 6) is 2.94. The highest BCUT2D eigenvalue weighted by Gasteiger charge is 2.10. The number of hydrogen-bond donors (Lipinski definition) is 2. The number of aromatic amines is 1. The van der Waals surface area contributed by atoms with Gasteiger partial charge in [0.05, 0.1) is 5.69 Å². The molecule has 0 aliphatic heterocycles. The molecular formula is C19H18N8. The highest BCUT2D eigenvalue weighted by Crippen LogP contribution is 2.22. The maximum atomic E-state index is 4.66. The molecule has 0 aliphatic rings. The Bertz CT molecular complexity index is 957.